The highest BCUT2D eigenvalue weighted by molar-refractivity contribution is 5.39. The Morgan fingerprint density at radius 3 is 2.87 bits per heavy atom. The molecule has 0 atom stereocenters. The first kappa shape index (κ1) is 16.1. The van der Waals surface area contributed by atoms with Gasteiger partial charge in [0.1, 0.15) is 5.65 Å². The second kappa shape index (κ2) is 7.23. The first-order valence-electron chi connectivity index (χ1n) is 8.61. The number of hydrogen-bond acceptors (Lipinski definition) is 4. The monoisotopic (exact) mass is 314 g/mol. The maximum absolute atomic E-state index is 12.4. The minimum absolute atomic E-state index is 0.00968. The summed E-state index contributed by atoms with van der Waals surface area (Å²) >= 11 is 0. The summed E-state index contributed by atoms with van der Waals surface area (Å²) in [6.07, 6.45) is 5.32. The van der Waals surface area contributed by atoms with Gasteiger partial charge in [-0.05, 0) is 57.5 Å². The van der Waals surface area contributed by atoms with Crippen LogP contribution in [0.5, 0.6) is 0 Å². The molecule has 0 bridgehead atoms. The quantitative estimate of drug-likeness (QED) is 0.917. The summed E-state index contributed by atoms with van der Waals surface area (Å²) in [7, 11) is 0. The van der Waals surface area contributed by atoms with Gasteiger partial charge in [-0.15, -0.1) is 0 Å². The van der Waals surface area contributed by atoms with Gasteiger partial charge in [0.05, 0.1) is 5.69 Å². The van der Waals surface area contributed by atoms with Crippen LogP contribution in [-0.4, -0.2) is 40.0 Å². The predicted octanol–water partition coefficient (Wildman–Crippen LogP) is 1.97. The van der Waals surface area contributed by atoms with Gasteiger partial charge in [-0.2, -0.15) is 0 Å². The highest BCUT2D eigenvalue weighted by atomic mass is 16.1. The molecule has 0 spiro atoms. The van der Waals surface area contributed by atoms with E-state index in [-0.39, 0.29) is 5.56 Å². The van der Waals surface area contributed by atoms with Gasteiger partial charge < -0.3 is 5.32 Å². The number of pyridine rings is 1. The molecule has 0 aliphatic carbocycles. The Bertz CT molecular complexity index is 719. The van der Waals surface area contributed by atoms with E-state index in [2.05, 4.69) is 17.1 Å². The third kappa shape index (κ3) is 3.79. The van der Waals surface area contributed by atoms with E-state index in [9.17, 15) is 4.79 Å². The van der Waals surface area contributed by atoms with Crippen molar-refractivity contribution >= 4 is 5.65 Å². The largest absolute Gasteiger partial charge is 0.317 e. The molecule has 0 radical (unpaired) electrons. The standard InChI is InChI=1S/C18H26N4O/c1-3-10-21(16-6-8-19-9-7-16)13-15-11-18(23)22-12-14(2)4-5-17(22)20-15/h4-5,11-12,16,19H,3,6-10,13H2,1-2H3. The van der Waals surface area contributed by atoms with E-state index in [1.807, 2.05) is 25.3 Å². The number of piperidine rings is 1. The molecule has 2 aromatic rings. The van der Waals surface area contributed by atoms with Gasteiger partial charge in [-0.3, -0.25) is 14.1 Å². The van der Waals surface area contributed by atoms with Gasteiger partial charge in [-0.25, -0.2) is 4.98 Å². The summed E-state index contributed by atoms with van der Waals surface area (Å²) in [6, 6.07) is 6.21. The van der Waals surface area contributed by atoms with Crippen molar-refractivity contribution in [2.75, 3.05) is 19.6 Å². The van der Waals surface area contributed by atoms with E-state index in [1.54, 1.807) is 10.5 Å². The van der Waals surface area contributed by atoms with E-state index in [0.29, 0.717) is 6.04 Å². The van der Waals surface area contributed by atoms with Crippen LogP contribution in [-0.2, 0) is 6.54 Å². The number of hydrogen-bond donors (Lipinski definition) is 1. The Morgan fingerprint density at radius 1 is 1.35 bits per heavy atom. The average Bonchev–Trinajstić information content (AvgIpc) is 2.56. The zero-order valence-corrected chi connectivity index (χ0v) is 14.1. The zero-order valence-electron chi connectivity index (χ0n) is 14.1. The SMILES string of the molecule is CCCN(Cc1cc(=O)n2cc(C)ccc2n1)C1CCNCC1. The Hall–Kier alpha value is -1.72. The summed E-state index contributed by atoms with van der Waals surface area (Å²) in [4.78, 5) is 19.6. The number of rotatable bonds is 5. The van der Waals surface area contributed by atoms with Crippen LogP contribution in [0.4, 0.5) is 0 Å². The molecule has 1 saturated heterocycles. The Balaban J connectivity index is 1.86. The minimum Gasteiger partial charge on any atom is -0.317 e. The van der Waals surface area contributed by atoms with Crippen molar-refractivity contribution in [1.29, 1.82) is 0 Å². The van der Waals surface area contributed by atoms with Gasteiger partial charge >= 0.3 is 0 Å². The first-order valence-corrected chi connectivity index (χ1v) is 8.61. The molecule has 0 unspecified atom stereocenters. The third-order valence-electron chi connectivity index (χ3n) is 4.56. The van der Waals surface area contributed by atoms with Gasteiger partial charge in [0.25, 0.3) is 5.56 Å². The van der Waals surface area contributed by atoms with Gasteiger partial charge in [0, 0.05) is 24.8 Å². The summed E-state index contributed by atoms with van der Waals surface area (Å²) < 4.78 is 1.63. The predicted molar refractivity (Wildman–Crippen MR) is 92.8 cm³/mol. The number of aryl methyl sites for hydroxylation is 1. The fourth-order valence-corrected chi connectivity index (χ4v) is 3.40. The third-order valence-corrected chi connectivity index (χ3v) is 4.56. The molecule has 5 heteroatoms. The molecule has 0 amide bonds. The van der Waals surface area contributed by atoms with Crippen molar-refractivity contribution in [2.45, 2.75) is 45.7 Å². The fraction of sp³-hybridized carbons (Fsp3) is 0.556. The van der Waals surface area contributed by atoms with Gasteiger partial charge in [0.15, 0.2) is 0 Å². The highest BCUT2D eigenvalue weighted by Crippen LogP contribution is 2.15. The average molecular weight is 314 g/mol. The fourth-order valence-electron chi connectivity index (χ4n) is 3.40. The van der Waals surface area contributed by atoms with Gasteiger partial charge in [0.2, 0.25) is 0 Å². The maximum atomic E-state index is 12.4. The van der Waals surface area contributed by atoms with Crippen molar-refractivity contribution in [2.24, 2.45) is 0 Å². The molecule has 0 saturated carbocycles. The van der Waals surface area contributed by atoms with Crippen molar-refractivity contribution in [1.82, 2.24) is 19.6 Å². The lowest BCUT2D eigenvalue weighted by atomic mass is 10.0. The molecule has 0 aromatic carbocycles. The zero-order chi connectivity index (χ0) is 16.2. The van der Waals surface area contributed by atoms with E-state index >= 15 is 0 Å². The molecule has 2 aromatic heterocycles. The molecule has 3 heterocycles. The lowest BCUT2D eigenvalue weighted by Gasteiger charge is -2.34. The molecule has 1 aliphatic rings. The lowest BCUT2D eigenvalue weighted by molar-refractivity contribution is 0.152. The van der Waals surface area contributed by atoms with Crippen molar-refractivity contribution in [3.63, 3.8) is 0 Å². The van der Waals surface area contributed by atoms with Crippen LogP contribution in [0.25, 0.3) is 5.65 Å². The van der Waals surface area contributed by atoms with E-state index < -0.39 is 0 Å². The summed E-state index contributed by atoms with van der Waals surface area (Å²) in [5.74, 6) is 0. The number of nitrogens with zero attached hydrogens (tertiary/aromatic N) is 3. The van der Waals surface area contributed by atoms with Crippen LogP contribution in [0.15, 0.2) is 29.2 Å². The van der Waals surface area contributed by atoms with E-state index in [4.69, 9.17) is 4.98 Å². The molecule has 23 heavy (non-hydrogen) atoms. The van der Waals surface area contributed by atoms with E-state index in [0.717, 1.165) is 49.5 Å². The molecular formula is C18H26N4O. The molecule has 1 N–H and O–H groups in total. The topological polar surface area (TPSA) is 49.6 Å². The van der Waals surface area contributed by atoms with Gasteiger partial charge in [-0.1, -0.05) is 13.0 Å². The van der Waals surface area contributed by atoms with E-state index in [1.165, 1.54) is 12.8 Å². The van der Waals surface area contributed by atoms with Crippen LogP contribution in [0.2, 0.25) is 0 Å². The second-order valence-corrected chi connectivity index (χ2v) is 6.47. The van der Waals surface area contributed by atoms with Crippen LogP contribution < -0.4 is 10.9 Å². The number of aromatic nitrogens is 2. The molecule has 1 aliphatic heterocycles. The van der Waals surface area contributed by atoms with Crippen LogP contribution in [0.1, 0.15) is 37.4 Å². The Morgan fingerprint density at radius 2 is 2.13 bits per heavy atom. The summed E-state index contributed by atoms with van der Waals surface area (Å²) in [5.41, 5.74) is 2.69. The lowest BCUT2D eigenvalue weighted by Crippen LogP contribution is -2.43. The van der Waals surface area contributed by atoms with Crippen molar-refractivity contribution < 1.29 is 0 Å². The summed E-state index contributed by atoms with van der Waals surface area (Å²) in [6.45, 7) is 8.17. The normalized spacial score (nSPS) is 16.3. The highest BCUT2D eigenvalue weighted by Gasteiger charge is 2.21. The minimum atomic E-state index is 0.00968. The molecule has 1 fully saturated rings. The Labute approximate surface area is 137 Å². The molecule has 124 valence electrons. The Kier molecular flexibility index (Phi) is 5.08. The first-order chi connectivity index (χ1) is 11.2. The summed E-state index contributed by atoms with van der Waals surface area (Å²) in [5, 5.41) is 3.42. The molecule has 5 nitrogen and oxygen atoms in total. The number of fused-ring (bicyclic) bond motifs is 1. The van der Waals surface area contributed by atoms with Crippen molar-refractivity contribution in [3.05, 3.63) is 46.0 Å². The number of nitrogens with one attached hydrogen (secondary N) is 1. The maximum Gasteiger partial charge on any atom is 0.258 e. The van der Waals surface area contributed by atoms with Crippen molar-refractivity contribution in [3.8, 4) is 0 Å². The molecular weight excluding hydrogens is 288 g/mol. The van der Waals surface area contributed by atoms with Crippen LogP contribution >= 0.6 is 0 Å². The molecule has 3 rings (SSSR count). The second-order valence-electron chi connectivity index (χ2n) is 6.47. The van der Waals surface area contributed by atoms with Crippen LogP contribution in [0.3, 0.4) is 0 Å². The van der Waals surface area contributed by atoms with Crippen LogP contribution in [0, 0.1) is 6.92 Å². The smallest absolute Gasteiger partial charge is 0.258 e.